The molecule has 32 heavy (non-hydrogen) atoms. The molecule has 0 aliphatic carbocycles. The first-order chi connectivity index (χ1) is 15.6. The maximum atomic E-state index is 5.69. The van der Waals surface area contributed by atoms with Crippen LogP contribution >= 0.6 is 0 Å². The van der Waals surface area contributed by atoms with Gasteiger partial charge in [0.15, 0.2) is 0 Å². The van der Waals surface area contributed by atoms with Crippen molar-refractivity contribution >= 4 is 5.71 Å². The van der Waals surface area contributed by atoms with Gasteiger partial charge in [-0.3, -0.25) is 0 Å². The highest BCUT2D eigenvalue weighted by Crippen LogP contribution is 2.31. The molecule has 0 N–H and O–H groups in total. The van der Waals surface area contributed by atoms with Crippen molar-refractivity contribution in [2.75, 3.05) is 7.11 Å². The number of oxime groups is 1. The average molecular weight is 425 g/mol. The number of rotatable bonds is 7. The molecule has 4 nitrogen and oxygen atoms in total. The van der Waals surface area contributed by atoms with E-state index in [1.165, 1.54) is 5.56 Å². The van der Waals surface area contributed by atoms with Crippen LogP contribution in [0.5, 0.6) is 5.75 Å². The molecule has 0 saturated heterocycles. The largest absolute Gasteiger partial charge is 0.497 e. The molecule has 0 atom stereocenters. The third kappa shape index (κ3) is 4.59. The maximum absolute atomic E-state index is 5.69. The number of hydrogen-bond donors (Lipinski definition) is 0. The van der Waals surface area contributed by atoms with Crippen molar-refractivity contribution in [3.8, 4) is 22.7 Å². The van der Waals surface area contributed by atoms with Gasteiger partial charge in [-0.05, 0) is 50.1 Å². The summed E-state index contributed by atoms with van der Waals surface area (Å²) in [6, 6.07) is 29.0. The summed E-state index contributed by atoms with van der Waals surface area (Å²) in [5.41, 5.74) is 8.60. The number of aryl methyl sites for hydroxylation is 1. The highest BCUT2D eigenvalue weighted by Gasteiger charge is 2.17. The Morgan fingerprint density at radius 2 is 1.62 bits per heavy atom. The Hall–Kier alpha value is -3.79. The van der Waals surface area contributed by atoms with Crippen molar-refractivity contribution in [3.63, 3.8) is 0 Å². The van der Waals surface area contributed by atoms with Crippen LogP contribution in [0.3, 0.4) is 0 Å². The lowest BCUT2D eigenvalue weighted by Gasteiger charge is -2.13. The van der Waals surface area contributed by atoms with E-state index >= 15 is 0 Å². The summed E-state index contributed by atoms with van der Waals surface area (Å²) in [7, 11) is 1.69. The second-order valence-corrected chi connectivity index (χ2v) is 7.87. The lowest BCUT2D eigenvalue weighted by Crippen LogP contribution is -2.03. The first-order valence-corrected chi connectivity index (χ1v) is 10.7. The Balaban J connectivity index is 1.71. The Morgan fingerprint density at radius 1 is 0.875 bits per heavy atom. The van der Waals surface area contributed by atoms with Crippen molar-refractivity contribution in [2.45, 2.75) is 27.4 Å². The van der Waals surface area contributed by atoms with Crippen LogP contribution in [0.4, 0.5) is 0 Å². The number of aromatic nitrogens is 1. The molecule has 0 bridgehead atoms. The third-order valence-corrected chi connectivity index (χ3v) is 5.57. The van der Waals surface area contributed by atoms with Crippen LogP contribution < -0.4 is 4.74 Å². The predicted molar refractivity (Wildman–Crippen MR) is 131 cm³/mol. The normalized spacial score (nSPS) is 11.4. The average Bonchev–Trinajstić information content (AvgIpc) is 3.18. The van der Waals surface area contributed by atoms with Crippen LogP contribution in [0.15, 0.2) is 90.1 Å². The van der Waals surface area contributed by atoms with E-state index in [0.29, 0.717) is 6.61 Å². The first-order valence-electron chi connectivity index (χ1n) is 10.7. The van der Waals surface area contributed by atoms with Crippen LogP contribution in [-0.2, 0) is 11.4 Å². The Labute approximate surface area is 189 Å². The summed E-state index contributed by atoms with van der Waals surface area (Å²) in [4.78, 5) is 5.69. The molecule has 0 spiro atoms. The fourth-order valence-electron chi connectivity index (χ4n) is 3.81. The van der Waals surface area contributed by atoms with Gasteiger partial charge in [-0.15, -0.1) is 0 Å². The lowest BCUT2D eigenvalue weighted by atomic mass is 10.1. The molecule has 4 aromatic rings. The molecule has 0 aliphatic rings. The van der Waals surface area contributed by atoms with Gasteiger partial charge >= 0.3 is 0 Å². The van der Waals surface area contributed by atoms with Crippen molar-refractivity contribution < 1.29 is 9.57 Å². The zero-order chi connectivity index (χ0) is 22.5. The van der Waals surface area contributed by atoms with Crippen LogP contribution in [-0.4, -0.2) is 17.4 Å². The molecule has 0 unspecified atom stereocenters. The van der Waals surface area contributed by atoms with E-state index in [4.69, 9.17) is 9.57 Å². The molecule has 0 fully saturated rings. The van der Waals surface area contributed by atoms with Crippen LogP contribution in [0.25, 0.3) is 16.9 Å². The molecular weight excluding hydrogens is 396 g/mol. The molecule has 0 amide bonds. The zero-order valence-corrected chi connectivity index (χ0v) is 19.0. The smallest absolute Gasteiger partial charge is 0.142 e. The van der Waals surface area contributed by atoms with Gasteiger partial charge in [0.1, 0.15) is 12.4 Å². The van der Waals surface area contributed by atoms with Gasteiger partial charge in [0.25, 0.3) is 0 Å². The Morgan fingerprint density at radius 3 is 2.34 bits per heavy atom. The number of methoxy groups -OCH3 is 1. The first kappa shape index (κ1) is 21.4. The van der Waals surface area contributed by atoms with E-state index in [1.807, 2.05) is 31.2 Å². The summed E-state index contributed by atoms with van der Waals surface area (Å²) < 4.78 is 7.70. The molecule has 0 saturated carbocycles. The number of benzene rings is 3. The monoisotopic (exact) mass is 424 g/mol. The quantitative estimate of drug-likeness (QED) is 0.244. The zero-order valence-electron chi connectivity index (χ0n) is 19.0. The second-order valence-electron chi connectivity index (χ2n) is 7.87. The molecule has 3 aromatic carbocycles. The van der Waals surface area contributed by atoms with Gasteiger partial charge in [0.05, 0.1) is 18.5 Å². The van der Waals surface area contributed by atoms with E-state index in [1.54, 1.807) is 7.11 Å². The Kier molecular flexibility index (Phi) is 6.41. The standard InChI is InChI=1S/C28H28N2O2/c1-20-13-15-23(16-14-20)19-32-29-21(2)27-18-28(24-9-6-5-7-10-24)30(22(27)3)25-11-8-12-26(17-25)31-4/h5-18H,19H2,1-4H3/b29-21+. The Bertz CT molecular complexity index is 1220. The van der Waals surface area contributed by atoms with Crippen LogP contribution in [0.1, 0.15) is 29.3 Å². The van der Waals surface area contributed by atoms with Crippen molar-refractivity contribution in [3.05, 3.63) is 107 Å². The highest BCUT2D eigenvalue weighted by molar-refractivity contribution is 6.01. The molecular formula is C28H28N2O2. The van der Waals surface area contributed by atoms with Crippen molar-refractivity contribution in [1.29, 1.82) is 0 Å². The summed E-state index contributed by atoms with van der Waals surface area (Å²) in [6.07, 6.45) is 0. The highest BCUT2D eigenvalue weighted by atomic mass is 16.6. The van der Waals surface area contributed by atoms with Crippen LogP contribution in [0, 0.1) is 13.8 Å². The van der Waals surface area contributed by atoms with E-state index in [0.717, 1.165) is 45.2 Å². The lowest BCUT2D eigenvalue weighted by molar-refractivity contribution is 0.130. The third-order valence-electron chi connectivity index (χ3n) is 5.57. The van der Waals surface area contributed by atoms with Gasteiger partial charge in [0, 0.05) is 23.0 Å². The summed E-state index contributed by atoms with van der Waals surface area (Å²) in [6.45, 7) is 6.62. The van der Waals surface area contributed by atoms with Gasteiger partial charge in [-0.1, -0.05) is 71.4 Å². The van der Waals surface area contributed by atoms with Crippen molar-refractivity contribution in [2.24, 2.45) is 5.16 Å². The molecule has 1 heterocycles. The molecule has 1 aromatic heterocycles. The molecule has 0 aliphatic heterocycles. The topological polar surface area (TPSA) is 35.8 Å². The maximum Gasteiger partial charge on any atom is 0.142 e. The summed E-state index contributed by atoms with van der Waals surface area (Å²) in [5.74, 6) is 0.822. The van der Waals surface area contributed by atoms with Gasteiger partial charge in [-0.25, -0.2) is 0 Å². The minimum Gasteiger partial charge on any atom is -0.497 e. The van der Waals surface area contributed by atoms with Gasteiger partial charge < -0.3 is 14.1 Å². The molecule has 4 heteroatoms. The molecule has 0 radical (unpaired) electrons. The summed E-state index contributed by atoms with van der Waals surface area (Å²) in [5, 5.41) is 4.43. The minimum absolute atomic E-state index is 0.443. The summed E-state index contributed by atoms with van der Waals surface area (Å²) >= 11 is 0. The molecule has 4 rings (SSSR count). The SMILES string of the molecule is COc1cccc(-n2c(-c3ccccc3)cc(/C(C)=N/OCc3ccc(C)cc3)c2C)c1. The second kappa shape index (κ2) is 9.56. The number of nitrogens with zero attached hydrogens (tertiary/aromatic N) is 2. The van der Waals surface area contributed by atoms with E-state index in [2.05, 4.69) is 84.2 Å². The van der Waals surface area contributed by atoms with E-state index in [9.17, 15) is 0 Å². The van der Waals surface area contributed by atoms with Crippen molar-refractivity contribution in [1.82, 2.24) is 4.57 Å². The van der Waals surface area contributed by atoms with Crippen LogP contribution in [0.2, 0.25) is 0 Å². The van der Waals surface area contributed by atoms with E-state index in [-0.39, 0.29) is 0 Å². The molecule has 162 valence electrons. The number of ether oxygens (including phenoxy) is 1. The minimum atomic E-state index is 0.443. The van der Waals surface area contributed by atoms with E-state index < -0.39 is 0 Å². The number of hydrogen-bond acceptors (Lipinski definition) is 3. The van der Waals surface area contributed by atoms with Gasteiger partial charge in [0.2, 0.25) is 0 Å². The fraction of sp³-hybridized carbons (Fsp3) is 0.179. The van der Waals surface area contributed by atoms with Gasteiger partial charge in [-0.2, -0.15) is 0 Å². The fourth-order valence-corrected chi connectivity index (χ4v) is 3.81. The predicted octanol–water partition coefficient (Wildman–Crippen LogP) is 6.71.